The fourth-order valence-electron chi connectivity index (χ4n) is 4.76. The summed E-state index contributed by atoms with van der Waals surface area (Å²) in [6.45, 7) is 4.97. The van der Waals surface area contributed by atoms with E-state index in [0.29, 0.717) is 37.8 Å². The van der Waals surface area contributed by atoms with Crippen LogP contribution in [0.1, 0.15) is 64.5 Å². The minimum Gasteiger partial charge on any atom is -0.503 e. The fraction of sp³-hybridized carbons (Fsp3) is 0.435. The summed E-state index contributed by atoms with van der Waals surface area (Å²) in [5.41, 5.74) is -0.860. The molecule has 2 atom stereocenters. The van der Waals surface area contributed by atoms with Crippen LogP contribution >= 0.6 is 0 Å². The summed E-state index contributed by atoms with van der Waals surface area (Å²) < 4.78 is 28.8. The van der Waals surface area contributed by atoms with Gasteiger partial charge in [-0.3, -0.25) is 19.3 Å². The van der Waals surface area contributed by atoms with Gasteiger partial charge in [-0.2, -0.15) is 0 Å². The predicted octanol–water partition coefficient (Wildman–Crippen LogP) is 2.18. The van der Waals surface area contributed by atoms with Crippen LogP contribution in [0.4, 0.5) is 8.78 Å². The Morgan fingerprint density at radius 3 is 2.64 bits per heavy atom. The highest BCUT2D eigenvalue weighted by molar-refractivity contribution is 6.00. The molecule has 4 rings (SSSR count). The number of nitrogens with zero attached hydrogens (tertiary/aromatic N) is 3. The molecular formula is C23H26F2N4O4. The maximum atomic E-state index is 14.0. The smallest absolute Gasteiger partial charge is 0.274 e. The number of aromatic nitrogens is 1. The zero-order valence-corrected chi connectivity index (χ0v) is 18.7. The Labute approximate surface area is 189 Å². The van der Waals surface area contributed by atoms with Crippen LogP contribution in [0, 0.1) is 11.6 Å². The molecule has 2 N–H and O–H groups in total. The number of pyridine rings is 1. The van der Waals surface area contributed by atoms with Crippen molar-refractivity contribution in [3.05, 3.63) is 62.6 Å². The number of carbonyl (C=O) groups excluding carboxylic acids is 2. The number of hydrogen-bond acceptors (Lipinski definition) is 5. The van der Waals surface area contributed by atoms with Gasteiger partial charge in [-0.05, 0) is 33.0 Å². The molecule has 0 bridgehead atoms. The summed E-state index contributed by atoms with van der Waals surface area (Å²) in [6.07, 6.45) is 0.566. The second kappa shape index (κ2) is 8.58. The largest absolute Gasteiger partial charge is 0.503 e. The molecule has 176 valence electrons. The molecule has 1 unspecified atom stereocenters. The molecule has 0 saturated heterocycles. The Morgan fingerprint density at radius 1 is 1.27 bits per heavy atom. The molecule has 0 aliphatic carbocycles. The van der Waals surface area contributed by atoms with E-state index in [1.807, 2.05) is 25.8 Å². The van der Waals surface area contributed by atoms with Gasteiger partial charge in [-0.1, -0.05) is 13.0 Å². The first-order valence-corrected chi connectivity index (χ1v) is 10.9. The molecule has 0 spiro atoms. The first-order chi connectivity index (χ1) is 15.7. The maximum absolute atomic E-state index is 14.0. The highest BCUT2D eigenvalue weighted by Gasteiger charge is 2.45. The Kier molecular flexibility index (Phi) is 5.96. The third kappa shape index (κ3) is 3.68. The SMILES string of the molecule is CCN1C[C@H]2CC(N(C)CC)c3c(C(=O)NCc4ccc(F)cc4F)c(=O)c(O)c(n32)C1=O. The van der Waals surface area contributed by atoms with Crippen molar-refractivity contribution in [2.75, 3.05) is 26.7 Å². The lowest BCUT2D eigenvalue weighted by Crippen LogP contribution is -2.44. The molecule has 2 aromatic rings. The molecule has 10 heteroatoms. The van der Waals surface area contributed by atoms with Crippen LogP contribution in [0.2, 0.25) is 0 Å². The lowest BCUT2D eigenvalue weighted by atomic mass is 10.0. The molecule has 1 aromatic heterocycles. The summed E-state index contributed by atoms with van der Waals surface area (Å²) in [5, 5.41) is 13.2. The van der Waals surface area contributed by atoms with E-state index in [9.17, 15) is 28.3 Å². The van der Waals surface area contributed by atoms with Crippen molar-refractivity contribution in [2.45, 2.75) is 38.9 Å². The van der Waals surface area contributed by atoms with E-state index in [1.165, 1.54) is 6.07 Å². The molecule has 33 heavy (non-hydrogen) atoms. The quantitative estimate of drug-likeness (QED) is 0.689. The Bertz CT molecular complexity index is 1200. The van der Waals surface area contributed by atoms with Crippen LogP contribution in [0.3, 0.4) is 0 Å². The van der Waals surface area contributed by atoms with Gasteiger partial charge in [-0.15, -0.1) is 0 Å². The number of likely N-dealkylation sites (N-methyl/N-ethyl adjacent to an activating group) is 1. The molecule has 2 amide bonds. The lowest BCUT2D eigenvalue weighted by molar-refractivity contribution is 0.0672. The number of hydrogen-bond donors (Lipinski definition) is 2. The average molecular weight is 460 g/mol. The number of benzene rings is 1. The number of carbonyl (C=O) groups is 2. The van der Waals surface area contributed by atoms with Gasteiger partial charge in [0, 0.05) is 31.3 Å². The van der Waals surface area contributed by atoms with Gasteiger partial charge in [-0.25, -0.2) is 8.78 Å². The standard InChI is InChI=1S/C23H26F2N4O4/c1-4-27(3)16-9-14-11-28(5-2)23(33)19-21(31)20(30)17(18(16)29(14)19)22(32)26-10-12-6-7-13(24)8-15(12)25/h6-8,14,16,31H,4-5,9-11H2,1-3H3,(H,26,32)/t14-,16?/m1/s1. The molecular weight excluding hydrogens is 434 g/mol. The minimum atomic E-state index is -0.935. The molecule has 3 heterocycles. The van der Waals surface area contributed by atoms with Crippen molar-refractivity contribution in [2.24, 2.45) is 0 Å². The van der Waals surface area contributed by atoms with Crippen molar-refractivity contribution in [3.8, 4) is 5.75 Å². The van der Waals surface area contributed by atoms with Gasteiger partial charge in [0.05, 0.1) is 17.8 Å². The monoisotopic (exact) mass is 460 g/mol. The Morgan fingerprint density at radius 2 is 2.00 bits per heavy atom. The number of nitrogens with one attached hydrogen (secondary N) is 1. The summed E-state index contributed by atoms with van der Waals surface area (Å²) in [5.74, 6) is -3.56. The van der Waals surface area contributed by atoms with Gasteiger partial charge in [0.25, 0.3) is 11.8 Å². The van der Waals surface area contributed by atoms with E-state index in [-0.39, 0.29) is 35.4 Å². The van der Waals surface area contributed by atoms with Crippen molar-refractivity contribution in [1.82, 2.24) is 19.7 Å². The van der Waals surface area contributed by atoms with Crippen molar-refractivity contribution < 1.29 is 23.5 Å². The zero-order chi connectivity index (χ0) is 24.0. The fourth-order valence-corrected chi connectivity index (χ4v) is 4.76. The van der Waals surface area contributed by atoms with E-state index < -0.39 is 34.6 Å². The van der Waals surface area contributed by atoms with Crippen molar-refractivity contribution in [1.29, 1.82) is 0 Å². The van der Waals surface area contributed by atoms with Crippen LogP contribution in [0.5, 0.6) is 5.75 Å². The van der Waals surface area contributed by atoms with Gasteiger partial charge < -0.3 is 19.9 Å². The van der Waals surface area contributed by atoms with Crippen molar-refractivity contribution in [3.63, 3.8) is 0 Å². The van der Waals surface area contributed by atoms with Crippen LogP contribution in [0.25, 0.3) is 0 Å². The first-order valence-electron chi connectivity index (χ1n) is 10.9. The Hall–Kier alpha value is -3.27. The Balaban J connectivity index is 1.81. The predicted molar refractivity (Wildman–Crippen MR) is 116 cm³/mol. The number of halogens is 2. The second-order valence-corrected chi connectivity index (χ2v) is 8.40. The summed E-state index contributed by atoms with van der Waals surface area (Å²) in [4.78, 5) is 42.9. The highest BCUT2D eigenvalue weighted by atomic mass is 19.1. The first kappa shape index (κ1) is 22.9. The van der Waals surface area contributed by atoms with Gasteiger partial charge in [0.2, 0.25) is 5.43 Å². The van der Waals surface area contributed by atoms with E-state index in [2.05, 4.69) is 5.32 Å². The molecule has 1 aromatic carbocycles. The molecule has 2 aliphatic rings. The van der Waals surface area contributed by atoms with E-state index >= 15 is 0 Å². The second-order valence-electron chi connectivity index (χ2n) is 8.40. The van der Waals surface area contributed by atoms with Gasteiger partial charge in [0.15, 0.2) is 11.4 Å². The molecule has 8 nitrogen and oxygen atoms in total. The topological polar surface area (TPSA) is 94.9 Å². The average Bonchev–Trinajstić information content (AvgIpc) is 3.15. The zero-order valence-electron chi connectivity index (χ0n) is 18.7. The van der Waals surface area contributed by atoms with Crippen LogP contribution < -0.4 is 10.7 Å². The highest BCUT2D eigenvalue weighted by Crippen LogP contribution is 2.44. The number of aromatic hydroxyl groups is 1. The lowest BCUT2D eigenvalue weighted by Gasteiger charge is -2.33. The molecule has 2 aliphatic heterocycles. The normalized spacial score (nSPS) is 19.2. The van der Waals surface area contributed by atoms with Gasteiger partial charge >= 0.3 is 0 Å². The maximum Gasteiger partial charge on any atom is 0.274 e. The summed E-state index contributed by atoms with van der Waals surface area (Å²) in [7, 11) is 1.86. The van der Waals surface area contributed by atoms with E-state index in [0.717, 1.165) is 6.07 Å². The van der Waals surface area contributed by atoms with Crippen molar-refractivity contribution >= 4 is 11.8 Å². The third-order valence-corrected chi connectivity index (χ3v) is 6.61. The van der Waals surface area contributed by atoms with Crippen LogP contribution in [-0.4, -0.2) is 58.0 Å². The third-order valence-electron chi connectivity index (χ3n) is 6.61. The van der Waals surface area contributed by atoms with Crippen LogP contribution in [-0.2, 0) is 6.54 Å². The number of rotatable bonds is 6. The van der Waals surface area contributed by atoms with E-state index in [4.69, 9.17) is 0 Å². The van der Waals surface area contributed by atoms with E-state index in [1.54, 1.807) is 9.47 Å². The summed E-state index contributed by atoms with van der Waals surface area (Å²) >= 11 is 0. The van der Waals surface area contributed by atoms with Crippen LogP contribution in [0.15, 0.2) is 23.0 Å². The molecule has 0 fully saturated rings. The molecule has 0 saturated carbocycles. The minimum absolute atomic E-state index is 0.0531. The van der Waals surface area contributed by atoms with Gasteiger partial charge in [0.1, 0.15) is 17.2 Å². The summed E-state index contributed by atoms with van der Waals surface area (Å²) in [6, 6.07) is 2.48. The number of amides is 2. The molecule has 0 radical (unpaired) electrons.